The molecule has 2 aromatic heterocycles. The maximum atomic E-state index is 12.4. The van der Waals surface area contributed by atoms with Crippen LogP contribution in [0.25, 0.3) is 0 Å². The van der Waals surface area contributed by atoms with Crippen molar-refractivity contribution in [2.75, 3.05) is 26.2 Å². The predicted octanol–water partition coefficient (Wildman–Crippen LogP) is 1.02. The van der Waals surface area contributed by atoms with Gasteiger partial charge in [-0.3, -0.25) is 14.6 Å². The molecule has 2 amide bonds. The molecule has 0 aromatic carbocycles. The van der Waals surface area contributed by atoms with E-state index in [0.29, 0.717) is 37.3 Å². The highest BCUT2D eigenvalue weighted by Gasteiger charge is 2.25. The van der Waals surface area contributed by atoms with Crippen LogP contribution in [-0.2, 0) is 7.05 Å². The first-order valence-corrected chi connectivity index (χ1v) is 7.26. The monoisotopic (exact) mass is 298 g/mol. The molecule has 1 fully saturated rings. The van der Waals surface area contributed by atoms with Gasteiger partial charge in [0.25, 0.3) is 11.8 Å². The van der Waals surface area contributed by atoms with Crippen molar-refractivity contribution in [2.45, 2.75) is 0 Å². The molecule has 0 atom stereocenters. The lowest BCUT2D eigenvalue weighted by molar-refractivity contribution is 0.0535. The Balaban J connectivity index is 1.61. The van der Waals surface area contributed by atoms with Gasteiger partial charge in [-0.25, -0.2) is 0 Å². The van der Waals surface area contributed by atoms with E-state index in [1.54, 1.807) is 34.3 Å². The van der Waals surface area contributed by atoms with Gasteiger partial charge in [0.1, 0.15) is 0 Å². The van der Waals surface area contributed by atoms with Crippen LogP contribution in [0, 0.1) is 0 Å². The summed E-state index contributed by atoms with van der Waals surface area (Å²) in [5.74, 6) is 0.0193. The first-order valence-electron chi connectivity index (χ1n) is 7.26. The topological polar surface area (TPSA) is 58.4 Å². The Hall–Kier alpha value is -2.63. The summed E-state index contributed by atoms with van der Waals surface area (Å²) in [6.45, 7) is 2.23. The van der Waals surface area contributed by atoms with E-state index in [1.165, 1.54) is 0 Å². The summed E-state index contributed by atoms with van der Waals surface area (Å²) < 4.78 is 1.86. The highest BCUT2D eigenvalue weighted by atomic mass is 16.2. The Morgan fingerprint density at radius 1 is 0.909 bits per heavy atom. The number of hydrogen-bond acceptors (Lipinski definition) is 3. The van der Waals surface area contributed by atoms with Gasteiger partial charge in [-0.15, -0.1) is 0 Å². The molecule has 1 aliphatic rings. The first kappa shape index (κ1) is 14.3. The van der Waals surface area contributed by atoms with E-state index >= 15 is 0 Å². The van der Waals surface area contributed by atoms with Gasteiger partial charge < -0.3 is 14.4 Å². The molecule has 3 heterocycles. The van der Waals surface area contributed by atoms with Crippen LogP contribution in [0.15, 0.2) is 43.0 Å². The minimum absolute atomic E-state index is 0.00536. The third-order valence-electron chi connectivity index (χ3n) is 3.86. The zero-order valence-corrected chi connectivity index (χ0v) is 12.5. The van der Waals surface area contributed by atoms with Crippen molar-refractivity contribution in [1.82, 2.24) is 19.4 Å². The first-order chi connectivity index (χ1) is 10.6. The van der Waals surface area contributed by atoms with Crippen LogP contribution in [0.2, 0.25) is 0 Å². The maximum Gasteiger partial charge on any atom is 0.255 e. The van der Waals surface area contributed by atoms with Crippen molar-refractivity contribution in [2.24, 2.45) is 7.05 Å². The molecule has 114 valence electrons. The van der Waals surface area contributed by atoms with Crippen LogP contribution in [-0.4, -0.2) is 57.3 Å². The van der Waals surface area contributed by atoms with E-state index in [9.17, 15) is 9.59 Å². The molecule has 0 spiro atoms. The molecule has 0 unspecified atom stereocenters. The molecule has 0 bridgehead atoms. The van der Waals surface area contributed by atoms with Crippen molar-refractivity contribution in [3.05, 3.63) is 54.1 Å². The fourth-order valence-electron chi connectivity index (χ4n) is 2.60. The summed E-state index contributed by atoms with van der Waals surface area (Å²) in [6.07, 6.45) is 6.90. The molecule has 1 saturated heterocycles. The van der Waals surface area contributed by atoms with Crippen LogP contribution < -0.4 is 0 Å². The molecular formula is C16H18N4O2. The fourth-order valence-corrected chi connectivity index (χ4v) is 2.60. The minimum atomic E-state index is -0.00536. The third-order valence-corrected chi connectivity index (χ3v) is 3.86. The summed E-state index contributed by atoms with van der Waals surface area (Å²) in [4.78, 5) is 32.2. The molecule has 2 aromatic rings. The zero-order valence-electron chi connectivity index (χ0n) is 12.5. The minimum Gasteiger partial charge on any atom is -0.356 e. The lowest BCUT2D eigenvalue weighted by Crippen LogP contribution is -2.50. The van der Waals surface area contributed by atoms with Crippen LogP contribution in [0.4, 0.5) is 0 Å². The summed E-state index contributed by atoms with van der Waals surface area (Å²) >= 11 is 0. The lowest BCUT2D eigenvalue weighted by atomic mass is 10.2. The smallest absolute Gasteiger partial charge is 0.255 e. The SMILES string of the molecule is Cn1ccc(C(=O)N2CCN(C(=O)c3ccncc3)CC2)c1. The van der Waals surface area contributed by atoms with Crippen molar-refractivity contribution in [3.8, 4) is 0 Å². The average molecular weight is 298 g/mol. The molecule has 0 N–H and O–H groups in total. The van der Waals surface area contributed by atoms with E-state index in [1.807, 2.05) is 30.1 Å². The van der Waals surface area contributed by atoms with E-state index in [2.05, 4.69) is 4.98 Å². The fraction of sp³-hybridized carbons (Fsp3) is 0.312. The van der Waals surface area contributed by atoms with Gasteiger partial charge in [-0.1, -0.05) is 0 Å². The summed E-state index contributed by atoms with van der Waals surface area (Å²) in [5, 5.41) is 0. The molecular weight excluding hydrogens is 280 g/mol. The van der Waals surface area contributed by atoms with Crippen molar-refractivity contribution < 1.29 is 9.59 Å². The molecule has 22 heavy (non-hydrogen) atoms. The van der Waals surface area contributed by atoms with E-state index in [-0.39, 0.29) is 11.8 Å². The van der Waals surface area contributed by atoms with E-state index in [4.69, 9.17) is 0 Å². The van der Waals surface area contributed by atoms with Crippen LogP contribution in [0.1, 0.15) is 20.7 Å². The molecule has 6 heteroatoms. The Bertz CT molecular complexity index is 672. The summed E-state index contributed by atoms with van der Waals surface area (Å²) in [6, 6.07) is 5.24. The Kier molecular flexibility index (Phi) is 3.91. The standard InChI is InChI=1S/C16H18N4O2/c1-18-7-4-14(12-18)16(22)20-10-8-19(9-11-20)15(21)13-2-5-17-6-3-13/h2-7,12H,8-11H2,1H3. The highest BCUT2D eigenvalue weighted by molar-refractivity contribution is 5.95. The van der Waals surface area contributed by atoms with Crippen LogP contribution >= 0.6 is 0 Å². The Morgan fingerprint density at radius 2 is 1.45 bits per heavy atom. The average Bonchev–Trinajstić information content (AvgIpc) is 3.01. The van der Waals surface area contributed by atoms with Gasteiger partial charge in [0.2, 0.25) is 0 Å². The molecule has 6 nitrogen and oxygen atoms in total. The van der Waals surface area contributed by atoms with Gasteiger partial charge in [-0.2, -0.15) is 0 Å². The van der Waals surface area contributed by atoms with Crippen LogP contribution in [0.3, 0.4) is 0 Å². The van der Waals surface area contributed by atoms with E-state index in [0.717, 1.165) is 0 Å². The molecule has 3 rings (SSSR count). The Labute approximate surface area is 129 Å². The molecule has 0 aliphatic carbocycles. The highest BCUT2D eigenvalue weighted by Crippen LogP contribution is 2.11. The predicted molar refractivity (Wildman–Crippen MR) is 81.5 cm³/mol. The molecule has 0 radical (unpaired) electrons. The van der Waals surface area contributed by atoms with Gasteiger partial charge in [0, 0.05) is 63.6 Å². The molecule has 0 saturated carbocycles. The van der Waals surface area contributed by atoms with Crippen LogP contribution in [0.5, 0.6) is 0 Å². The number of hydrogen-bond donors (Lipinski definition) is 0. The normalized spacial score (nSPS) is 15.0. The number of amides is 2. The van der Waals surface area contributed by atoms with E-state index < -0.39 is 0 Å². The largest absolute Gasteiger partial charge is 0.356 e. The second-order valence-corrected chi connectivity index (χ2v) is 5.39. The second-order valence-electron chi connectivity index (χ2n) is 5.39. The summed E-state index contributed by atoms with van der Waals surface area (Å²) in [7, 11) is 1.89. The number of aromatic nitrogens is 2. The van der Waals surface area contributed by atoms with Gasteiger partial charge >= 0.3 is 0 Å². The van der Waals surface area contributed by atoms with Crippen molar-refractivity contribution in [1.29, 1.82) is 0 Å². The number of nitrogens with zero attached hydrogens (tertiary/aromatic N) is 4. The van der Waals surface area contributed by atoms with Gasteiger partial charge in [-0.05, 0) is 18.2 Å². The number of carbonyl (C=O) groups is 2. The third kappa shape index (κ3) is 2.86. The molecule has 1 aliphatic heterocycles. The quantitative estimate of drug-likeness (QED) is 0.831. The van der Waals surface area contributed by atoms with Gasteiger partial charge in [0.05, 0.1) is 5.56 Å². The number of pyridine rings is 1. The van der Waals surface area contributed by atoms with Gasteiger partial charge in [0.15, 0.2) is 0 Å². The number of aryl methyl sites for hydroxylation is 1. The number of rotatable bonds is 2. The zero-order chi connectivity index (χ0) is 15.5. The lowest BCUT2D eigenvalue weighted by Gasteiger charge is -2.34. The Morgan fingerprint density at radius 3 is 1.95 bits per heavy atom. The maximum absolute atomic E-state index is 12.4. The number of carbonyl (C=O) groups excluding carboxylic acids is 2. The van der Waals surface area contributed by atoms with Crippen molar-refractivity contribution in [3.63, 3.8) is 0 Å². The second kappa shape index (κ2) is 6.01. The van der Waals surface area contributed by atoms with Crippen molar-refractivity contribution >= 4 is 11.8 Å². The summed E-state index contributed by atoms with van der Waals surface area (Å²) in [5.41, 5.74) is 1.33. The number of piperazine rings is 1.